The molecule has 102 valence electrons. The van der Waals surface area contributed by atoms with E-state index in [9.17, 15) is 10.1 Å². The van der Waals surface area contributed by atoms with Crippen molar-refractivity contribution in [3.05, 3.63) is 33.9 Å². The van der Waals surface area contributed by atoms with Crippen LogP contribution in [0.15, 0.2) is 18.2 Å². The van der Waals surface area contributed by atoms with Crippen LogP contribution in [0.2, 0.25) is 0 Å². The largest absolute Gasteiger partial charge is 0.496 e. The SMILES string of the molecule is COc1cc(CN(C)C(C)CC#N)cc([N+](=O)[O-])c1. The Kier molecular flexibility index (Phi) is 5.27. The molecule has 0 spiro atoms. The van der Waals surface area contributed by atoms with Gasteiger partial charge in [-0.3, -0.25) is 15.0 Å². The Morgan fingerprint density at radius 1 is 1.53 bits per heavy atom. The number of hydrogen-bond acceptors (Lipinski definition) is 5. The van der Waals surface area contributed by atoms with Crippen molar-refractivity contribution in [3.63, 3.8) is 0 Å². The molecule has 1 atom stereocenters. The van der Waals surface area contributed by atoms with Crippen molar-refractivity contribution in [1.82, 2.24) is 4.90 Å². The van der Waals surface area contributed by atoms with E-state index in [1.54, 1.807) is 6.07 Å². The van der Waals surface area contributed by atoms with E-state index in [2.05, 4.69) is 6.07 Å². The standard InChI is InChI=1S/C13H17N3O3/c1-10(4-5-14)15(2)9-11-6-12(16(17)18)8-13(7-11)19-3/h6-8,10H,4,9H2,1-3H3. The van der Waals surface area contributed by atoms with Crippen molar-refractivity contribution in [3.8, 4) is 11.8 Å². The lowest BCUT2D eigenvalue weighted by atomic mass is 10.1. The molecule has 1 rings (SSSR count). The van der Waals surface area contributed by atoms with Crippen LogP contribution >= 0.6 is 0 Å². The molecule has 0 amide bonds. The van der Waals surface area contributed by atoms with E-state index in [4.69, 9.17) is 10.00 Å². The van der Waals surface area contributed by atoms with Gasteiger partial charge in [-0.05, 0) is 25.6 Å². The summed E-state index contributed by atoms with van der Waals surface area (Å²) < 4.78 is 5.06. The maximum atomic E-state index is 10.8. The Morgan fingerprint density at radius 2 is 2.21 bits per heavy atom. The normalized spacial score (nSPS) is 11.9. The first kappa shape index (κ1) is 14.9. The number of nitro groups is 1. The molecule has 1 aromatic rings. The van der Waals surface area contributed by atoms with Gasteiger partial charge in [0.2, 0.25) is 0 Å². The number of benzene rings is 1. The van der Waals surface area contributed by atoms with E-state index in [-0.39, 0.29) is 11.7 Å². The topological polar surface area (TPSA) is 79.4 Å². The third-order valence-electron chi connectivity index (χ3n) is 2.97. The summed E-state index contributed by atoms with van der Waals surface area (Å²) in [5.74, 6) is 0.463. The van der Waals surface area contributed by atoms with Crippen molar-refractivity contribution >= 4 is 5.69 Å². The third-order valence-corrected chi connectivity index (χ3v) is 2.97. The monoisotopic (exact) mass is 263 g/mol. The third kappa shape index (κ3) is 4.23. The summed E-state index contributed by atoms with van der Waals surface area (Å²) in [7, 11) is 3.36. The van der Waals surface area contributed by atoms with Gasteiger partial charge < -0.3 is 4.74 Å². The van der Waals surface area contributed by atoms with Crippen LogP contribution in [-0.2, 0) is 6.54 Å². The van der Waals surface area contributed by atoms with Gasteiger partial charge in [-0.25, -0.2) is 0 Å². The van der Waals surface area contributed by atoms with Crippen LogP contribution in [0.5, 0.6) is 5.75 Å². The van der Waals surface area contributed by atoms with E-state index < -0.39 is 4.92 Å². The fraction of sp³-hybridized carbons (Fsp3) is 0.462. The van der Waals surface area contributed by atoms with Gasteiger partial charge >= 0.3 is 0 Å². The predicted molar refractivity (Wildman–Crippen MR) is 70.8 cm³/mol. The number of methoxy groups -OCH3 is 1. The lowest BCUT2D eigenvalue weighted by Crippen LogP contribution is -2.28. The fourth-order valence-electron chi connectivity index (χ4n) is 1.69. The van der Waals surface area contributed by atoms with E-state index in [0.29, 0.717) is 18.7 Å². The summed E-state index contributed by atoms with van der Waals surface area (Å²) in [4.78, 5) is 12.4. The summed E-state index contributed by atoms with van der Waals surface area (Å²) >= 11 is 0. The van der Waals surface area contributed by atoms with E-state index in [1.807, 2.05) is 18.9 Å². The first-order valence-electron chi connectivity index (χ1n) is 5.87. The lowest BCUT2D eigenvalue weighted by molar-refractivity contribution is -0.385. The molecule has 6 heteroatoms. The summed E-state index contributed by atoms with van der Waals surface area (Å²) in [6.45, 7) is 2.47. The average molecular weight is 263 g/mol. The van der Waals surface area contributed by atoms with Crippen molar-refractivity contribution in [2.75, 3.05) is 14.2 Å². The van der Waals surface area contributed by atoms with Gasteiger partial charge in [-0.2, -0.15) is 5.26 Å². The predicted octanol–water partition coefficient (Wildman–Crippen LogP) is 2.34. The number of nitriles is 1. The van der Waals surface area contributed by atoms with Gasteiger partial charge in [-0.1, -0.05) is 0 Å². The lowest BCUT2D eigenvalue weighted by Gasteiger charge is -2.22. The smallest absolute Gasteiger partial charge is 0.273 e. The van der Waals surface area contributed by atoms with Gasteiger partial charge in [0.1, 0.15) is 5.75 Å². The van der Waals surface area contributed by atoms with Crippen molar-refractivity contribution in [2.24, 2.45) is 0 Å². The van der Waals surface area contributed by atoms with Gasteiger partial charge in [0.05, 0.1) is 30.6 Å². The summed E-state index contributed by atoms with van der Waals surface area (Å²) in [5.41, 5.74) is 0.800. The van der Waals surface area contributed by atoms with Crippen molar-refractivity contribution < 1.29 is 9.66 Å². The highest BCUT2D eigenvalue weighted by Gasteiger charge is 2.14. The van der Waals surface area contributed by atoms with E-state index >= 15 is 0 Å². The molecule has 0 bridgehead atoms. The first-order valence-corrected chi connectivity index (χ1v) is 5.87. The minimum Gasteiger partial charge on any atom is -0.496 e. The molecule has 0 saturated carbocycles. The summed E-state index contributed by atoms with van der Waals surface area (Å²) in [6.07, 6.45) is 0.419. The summed E-state index contributed by atoms with van der Waals surface area (Å²) in [6, 6.07) is 6.89. The number of nitrogens with zero attached hydrogens (tertiary/aromatic N) is 3. The molecule has 0 radical (unpaired) electrons. The summed E-state index contributed by atoms with van der Waals surface area (Å²) in [5, 5.41) is 19.5. The van der Waals surface area contributed by atoms with Crippen LogP contribution in [0.1, 0.15) is 18.9 Å². The molecule has 0 N–H and O–H groups in total. The average Bonchev–Trinajstić information content (AvgIpc) is 2.38. The number of ether oxygens (including phenoxy) is 1. The molecule has 1 aromatic carbocycles. The van der Waals surface area contributed by atoms with Crippen LogP contribution in [0, 0.1) is 21.4 Å². The Balaban J connectivity index is 2.91. The van der Waals surface area contributed by atoms with Crippen molar-refractivity contribution in [1.29, 1.82) is 5.26 Å². The Hall–Kier alpha value is -2.13. The Labute approximate surface area is 112 Å². The van der Waals surface area contributed by atoms with Crippen LogP contribution in [0.3, 0.4) is 0 Å². The van der Waals surface area contributed by atoms with Gasteiger partial charge in [-0.15, -0.1) is 0 Å². The van der Waals surface area contributed by atoms with Gasteiger partial charge in [0, 0.05) is 18.7 Å². The number of hydrogen-bond donors (Lipinski definition) is 0. The quantitative estimate of drug-likeness (QED) is 0.581. The molecule has 0 fully saturated rings. The zero-order valence-electron chi connectivity index (χ0n) is 11.3. The Morgan fingerprint density at radius 3 is 2.74 bits per heavy atom. The van der Waals surface area contributed by atoms with Crippen molar-refractivity contribution in [2.45, 2.75) is 25.9 Å². The molecular weight excluding hydrogens is 246 g/mol. The number of non-ortho nitro benzene ring substituents is 1. The molecule has 1 unspecified atom stereocenters. The second-order valence-corrected chi connectivity index (χ2v) is 4.42. The second-order valence-electron chi connectivity index (χ2n) is 4.42. The molecule has 0 aliphatic heterocycles. The van der Waals surface area contributed by atoms with Crippen LogP contribution in [0.25, 0.3) is 0 Å². The molecule has 19 heavy (non-hydrogen) atoms. The molecule has 0 aliphatic rings. The molecule has 0 heterocycles. The molecule has 0 saturated heterocycles. The number of nitro benzene ring substituents is 1. The minimum absolute atomic E-state index is 0.00989. The molecule has 0 aromatic heterocycles. The molecule has 0 aliphatic carbocycles. The highest BCUT2D eigenvalue weighted by molar-refractivity contribution is 5.42. The maximum absolute atomic E-state index is 10.8. The highest BCUT2D eigenvalue weighted by atomic mass is 16.6. The molecular formula is C13H17N3O3. The second kappa shape index (κ2) is 6.71. The maximum Gasteiger partial charge on any atom is 0.273 e. The Bertz CT molecular complexity index is 496. The van der Waals surface area contributed by atoms with E-state index in [1.165, 1.54) is 19.2 Å². The zero-order valence-corrected chi connectivity index (χ0v) is 11.3. The first-order chi connectivity index (χ1) is 8.97. The van der Waals surface area contributed by atoms with Crippen LogP contribution < -0.4 is 4.74 Å². The highest BCUT2D eigenvalue weighted by Crippen LogP contribution is 2.23. The minimum atomic E-state index is -0.440. The molecule has 6 nitrogen and oxygen atoms in total. The fourth-order valence-corrected chi connectivity index (χ4v) is 1.69. The van der Waals surface area contributed by atoms with Gasteiger partial charge in [0.25, 0.3) is 5.69 Å². The van der Waals surface area contributed by atoms with Crippen LogP contribution in [-0.4, -0.2) is 30.0 Å². The van der Waals surface area contributed by atoms with Gasteiger partial charge in [0.15, 0.2) is 0 Å². The van der Waals surface area contributed by atoms with Crippen LogP contribution in [0.4, 0.5) is 5.69 Å². The zero-order chi connectivity index (χ0) is 14.4. The van der Waals surface area contributed by atoms with E-state index in [0.717, 1.165) is 5.56 Å². The number of rotatable bonds is 6.